The van der Waals surface area contributed by atoms with Crippen LogP contribution in [0, 0.1) is 17.1 Å². The molecule has 5 rings (SSSR count). The third-order valence-corrected chi connectivity index (χ3v) is 5.43. The molecule has 0 fully saturated rings. The van der Waals surface area contributed by atoms with E-state index in [4.69, 9.17) is 4.74 Å². The smallest absolute Gasteiger partial charge is 0.208 e. The number of anilines is 1. The molecule has 0 bridgehead atoms. The first-order valence-corrected chi connectivity index (χ1v) is 9.59. The van der Waals surface area contributed by atoms with Gasteiger partial charge in [0.15, 0.2) is 11.3 Å². The number of hydrogen-bond acceptors (Lipinski definition) is 6. The van der Waals surface area contributed by atoms with E-state index in [-0.39, 0.29) is 18.1 Å². The van der Waals surface area contributed by atoms with Crippen LogP contribution in [0.1, 0.15) is 16.8 Å². The highest BCUT2D eigenvalue weighted by atomic mass is 79.9. The van der Waals surface area contributed by atoms with Crippen molar-refractivity contribution in [2.45, 2.75) is 13.0 Å². The highest BCUT2D eigenvalue weighted by Crippen LogP contribution is 2.32. The van der Waals surface area contributed by atoms with Crippen LogP contribution < -0.4 is 10.1 Å². The monoisotopic (exact) mass is 453 g/mol. The third-order valence-electron chi connectivity index (χ3n) is 4.83. The van der Waals surface area contributed by atoms with E-state index in [0.29, 0.717) is 41.4 Å². The van der Waals surface area contributed by atoms with E-state index in [1.54, 1.807) is 29.1 Å². The number of nitrogens with zero attached hydrogens (tertiary/aromatic N) is 5. The molecule has 0 radical (unpaired) electrons. The minimum absolute atomic E-state index is 0.230. The number of H-pyrrole nitrogens is 1. The van der Waals surface area contributed by atoms with Gasteiger partial charge in [0.1, 0.15) is 17.6 Å². The van der Waals surface area contributed by atoms with Crippen molar-refractivity contribution in [3.8, 4) is 23.1 Å². The Bertz CT molecular complexity index is 1290. The van der Waals surface area contributed by atoms with E-state index in [1.807, 2.05) is 6.07 Å². The number of benzene rings is 1. The van der Waals surface area contributed by atoms with E-state index < -0.39 is 0 Å². The predicted molar refractivity (Wildman–Crippen MR) is 106 cm³/mol. The quantitative estimate of drug-likeness (QED) is 0.490. The van der Waals surface area contributed by atoms with Gasteiger partial charge in [0.05, 0.1) is 34.7 Å². The minimum atomic E-state index is -0.292. The Balaban J connectivity index is 1.56. The molecule has 4 heterocycles. The van der Waals surface area contributed by atoms with Crippen LogP contribution in [0.15, 0.2) is 35.2 Å². The highest BCUT2D eigenvalue weighted by Gasteiger charge is 2.20. The molecule has 0 saturated heterocycles. The number of hydrogen-bond donors (Lipinski definition) is 2. The summed E-state index contributed by atoms with van der Waals surface area (Å²) in [5.74, 6) is 0.874. The van der Waals surface area contributed by atoms with E-state index in [2.05, 4.69) is 41.4 Å². The van der Waals surface area contributed by atoms with Crippen LogP contribution in [-0.4, -0.2) is 31.2 Å². The largest absolute Gasteiger partial charge is 0.493 e. The van der Waals surface area contributed by atoms with Gasteiger partial charge in [-0.25, -0.2) is 14.4 Å². The van der Waals surface area contributed by atoms with Crippen LogP contribution in [0.3, 0.4) is 0 Å². The summed E-state index contributed by atoms with van der Waals surface area (Å²) in [5, 5.41) is 19.4. The maximum atomic E-state index is 14.4. The second-order valence-corrected chi connectivity index (χ2v) is 7.33. The molecule has 2 N–H and O–H groups in total. The molecule has 4 aromatic rings. The number of imidazole rings is 1. The molecule has 0 unspecified atom stereocenters. The molecule has 0 saturated carbocycles. The maximum Gasteiger partial charge on any atom is 0.208 e. The number of fused-ring (bicyclic) bond motifs is 2. The molecule has 0 aliphatic carbocycles. The SMILES string of the molecule is N#Cc1cn2c(NCc3c(F)ccc4c3CCO4)ncc(-c3[nH]ncc3Br)c2n1. The lowest BCUT2D eigenvalue weighted by atomic mass is 10.0. The first-order valence-electron chi connectivity index (χ1n) is 8.80. The Kier molecular flexibility index (Phi) is 4.17. The van der Waals surface area contributed by atoms with Crippen molar-refractivity contribution in [2.75, 3.05) is 11.9 Å². The molecular formula is C19H13BrFN7O. The van der Waals surface area contributed by atoms with Crippen molar-refractivity contribution >= 4 is 27.5 Å². The lowest BCUT2D eigenvalue weighted by Crippen LogP contribution is -2.09. The molecule has 10 heteroatoms. The lowest BCUT2D eigenvalue weighted by Gasteiger charge is -2.12. The van der Waals surface area contributed by atoms with Crippen molar-refractivity contribution in [2.24, 2.45) is 0 Å². The Morgan fingerprint density at radius 3 is 3.07 bits per heavy atom. The molecule has 144 valence electrons. The Morgan fingerprint density at radius 1 is 1.38 bits per heavy atom. The summed E-state index contributed by atoms with van der Waals surface area (Å²) in [6.07, 6.45) is 5.53. The molecular weight excluding hydrogens is 441 g/mol. The van der Waals surface area contributed by atoms with E-state index in [0.717, 1.165) is 15.8 Å². The van der Waals surface area contributed by atoms with Crippen molar-refractivity contribution < 1.29 is 9.13 Å². The molecule has 3 aromatic heterocycles. The molecule has 0 atom stereocenters. The summed E-state index contributed by atoms with van der Waals surface area (Å²) in [7, 11) is 0. The van der Waals surface area contributed by atoms with Gasteiger partial charge in [-0.05, 0) is 28.1 Å². The average molecular weight is 454 g/mol. The number of ether oxygens (including phenoxy) is 1. The first kappa shape index (κ1) is 17.6. The summed E-state index contributed by atoms with van der Waals surface area (Å²) in [4.78, 5) is 8.85. The van der Waals surface area contributed by atoms with E-state index in [9.17, 15) is 9.65 Å². The van der Waals surface area contributed by atoms with Crippen LogP contribution in [0.25, 0.3) is 16.9 Å². The molecule has 8 nitrogen and oxygen atoms in total. The van der Waals surface area contributed by atoms with Gasteiger partial charge in [-0.1, -0.05) is 0 Å². The van der Waals surface area contributed by atoms with Crippen LogP contribution >= 0.6 is 15.9 Å². The number of rotatable bonds is 4. The molecule has 1 aliphatic rings. The van der Waals surface area contributed by atoms with Crippen molar-refractivity contribution in [1.29, 1.82) is 5.26 Å². The summed E-state index contributed by atoms with van der Waals surface area (Å²) in [6, 6.07) is 5.11. The second kappa shape index (κ2) is 6.86. The van der Waals surface area contributed by atoms with Gasteiger partial charge in [0, 0.05) is 30.3 Å². The Hall–Kier alpha value is -3.45. The average Bonchev–Trinajstić information content (AvgIpc) is 3.46. The summed E-state index contributed by atoms with van der Waals surface area (Å²) in [6.45, 7) is 0.780. The topological polar surface area (TPSA) is 104 Å². The fourth-order valence-electron chi connectivity index (χ4n) is 3.47. The number of aromatic nitrogens is 5. The van der Waals surface area contributed by atoms with Crippen molar-refractivity contribution in [3.63, 3.8) is 0 Å². The Morgan fingerprint density at radius 2 is 2.28 bits per heavy atom. The zero-order valence-electron chi connectivity index (χ0n) is 14.9. The molecule has 0 spiro atoms. The fourth-order valence-corrected chi connectivity index (χ4v) is 3.88. The maximum absolute atomic E-state index is 14.4. The van der Waals surface area contributed by atoms with E-state index >= 15 is 0 Å². The van der Waals surface area contributed by atoms with Crippen LogP contribution in [0.5, 0.6) is 5.75 Å². The normalized spacial score (nSPS) is 12.6. The zero-order valence-corrected chi connectivity index (χ0v) is 16.5. The van der Waals surface area contributed by atoms with Crippen LogP contribution in [0.2, 0.25) is 0 Å². The standard InChI is InChI=1S/C19H13BrFN7O/c20-14-8-25-27-17(14)13-7-24-19(28-9-10(5-22)26-18(13)28)23-6-12-11-3-4-29-16(11)2-1-15(12)21/h1-2,7-9H,3-4,6H2,(H,23,24)(H,25,27). The molecule has 1 aromatic carbocycles. The predicted octanol–water partition coefficient (Wildman–Crippen LogP) is 3.44. The van der Waals surface area contributed by atoms with Crippen molar-refractivity contribution in [1.82, 2.24) is 24.6 Å². The van der Waals surface area contributed by atoms with Gasteiger partial charge in [0.2, 0.25) is 5.95 Å². The van der Waals surface area contributed by atoms with Gasteiger partial charge in [-0.3, -0.25) is 9.50 Å². The van der Waals surface area contributed by atoms with Gasteiger partial charge in [-0.15, -0.1) is 0 Å². The lowest BCUT2D eigenvalue weighted by molar-refractivity contribution is 0.356. The number of nitriles is 1. The van der Waals surface area contributed by atoms with E-state index in [1.165, 1.54) is 6.07 Å². The van der Waals surface area contributed by atoms with Gasteiger partial charge < -0.3 is 10.1 Å². The molecule has 1 aliphatic heterocycles. The number of halogens is 2. The number of aromatic amines is 1. The van der Waals surface area contributed by atoms with Gasteiger partial charge in [-0.2, -0.15) is 10.4 Å². The number of nitrogens with one attached hydrogen (secondary N) is 2. The molecule has 0 amide bonds. The van der Waals surface area contributed by atoms with Crippen LogP contribution in [0.4, 0.5) is 10.3 Å². The Labute approximate surface area is 172 Å². The van der Waals surface area contributed by atoms with Crippen LogP contribution in [-0.2, 0) is 13.0 Å². The minimum Gasteiger partial charge on any atom is -0.493 e. The summed E-state index contributed by atoms with van der Waals surface area (Å²) < 4.78 is 22.4. The summed E-state index contributed by atoms with van der Waals surface area (Å²) in [5.41, 5.74) is 3.59. The molecule has 29 heavy (non-hydrogen) atoms. The highest BCUT2D eigenvalue weighted by molar-refractivity contribution is 9.10. The zero-order chi connectivity index (χ0) is 20.0. The second-order valence-electron chi connectivity index (χ2n) is 6.47. The first-order chi connectivity index (χ1) is 14.2. The fraction of sp³-hybridized carbons (Fsp3) is 0.158. The third kappa shape index (κ3) is 2.91. The van der Waals surface area contributed by atoms with Gasteiger partial charge in [0.25, 0.3) is 0 Å². The van der Waals surface area contributed by atoms with Crippen molar-refractivity contribution in [3.05, 3.63) is 57.8 Å². The van der Waals surface area contributed by atoms with Gasteiger partial charge >= 0.3 is 0 Å². The summed E-state index contributed by atoms with van der Waals surface area (Å²) >= 11 is 3.44.